The van der Waals surface area contributed by atoms with Crippen molar-refractivity contribution in [3.05, 3.63) is 46.9 Å². The van der Waals surface area contributed by atoms with Crippen molar-refractivity contribution in [1.29, 1.82) is 0 Å². The first-order chi connectivity index (χ1) is 11.1. The Morgan fingerprint density at radius 3 is 2.96 bits per heavy atom. The van der Waals surface area contributed by atoms with Crippen molar-refractivity contribution in [3.63, 3.8) is 0 Å². The van der Waals surface area contributed by atoms with Gasteiger partial charge in [0.1, 0.15) is 23.4 Å². The smallest absolute Gasteiger partial charge is 0.255 e. The summed E-state index contributed by atoms with van der Waals surface area (Å²) in [6, 6.07) is 5.65. The predicted octanol–water partition coefficient (Wildman–Crippen LogP) is 3.24. The van der Waals surface area contributed by atoms with Crippen molar-refractivity contribution >= 4 is 5.91 Å². The summed E-state index contributed by atoms with van der Waals surface area (Å²) < 4.78 is 16.7. The Kier molecular flexibility index (Phi) is 4.28. The maximum Gasteiger partial charge on any atom is 0.255 e. The molecule has 5 heteroatoms. The fraction of sp³-hybridized carbons (Fsp3) is 0.389. The first-order valence-corrected chi connectivity index (χ1v) is 7.86. The molecule has 2 aromatic rings. The van der Waals surface area contributed by atoms with Crippen LogP contribution >= 0.6 is 0 Å². The molecule has 1 atom stereocenters. The molecule has 1 aliphatic heterocycles. The zero-order valence-corrected chi connectivity index (χ0v) is 13.6. The van der Waals surface area contributed by atoms with E-state index < -0.39 is 0 Å². The number of amides is 1. The summed E-state index contributed by atoms with van der Waals surface area (Å²) in [6.07, 6.45) is 2.58. The van der Waals surface area contributed by atoms with Crippen molar-refractivity contribution in [2.75, 3.05) is 6.61 Å². The summed E-state index contributed by atoms with van der Waals surface area (Å²) in [5.74, 6) is 2.13. The fourth-order valence-corrected chi connectivity index (χ4v) is 2.80. The lowest BCUT2D eigenvalue weighted by Crippen LogP contribution is -2.23. The van der Waals surface area contributed by atoms with Crippen LogP contribution in [0.2, 0.25) is 0 Å². The molecular weight excluding hydrogens is 294 g/mol. The molecule has 1 aromatic carbocycles. The molecule has 5 nitrogen and oxygen atoms in total. The van der Waals surface area contributed by atoms with Gasteiger partial charge < -0.3 is 19.2 Å². The van der Waals surface area contributed by atoms with Crippen molar-refractivity contribution < 1.29 is 18.7 Å². The van der Waals surface area contributed by atoms with Gasteiger partial charge >= 0.3 is 0 Å². The van der Waals surface area contributed by atoms with Gasteiger partial charge in [0.05, 0.1) is 18.4 Å². The van der Waals surface area contributed by atoms with E-state index in [2.05, 4.69) is 5.32 Å². The molecule has 1 amide bonds. The van der Waals surface area contributed by atoms with E-state index >= 15 is 0 Å². The van der Waals surface area contributed by atoms with Crippen LogP contribution < -0.4 is 14.8 Å². The quantitative estimate of drug-likeness (QED) is 0.920. The maximum atomic E-state index is 12.2. The van der Waals surface area contributed by atoms with Gasteiger partial charge in [0.15, 0.2) is 0 Å². The molecule has 1 aromatic heterocycles. The van der Waals surface area contributed by atoms with Gasteiger partial charge in [0, 0.05) is 24.1 Å². The minimum atomic E-state index is -0.159. The molecule has 23 heavy (non-hydrogen) atoms. The fourth-order valence-electron chi connectivity index (χ4n) is 2.80. The zero-order valence-electron chi connectivity index (χ0n) is 13.6. The van der Waals surface area contributed by atoms with Crippen molar-refractivity contribution in [2.24, 2.45) is 0 Å². The standard InChI is InChI=1S/C18H21NO4/c1-4-21-16-8-13-7-11(2)23-17(13)9-14(16)10-19-18(20)15-5-6-22-12(15)3/h5-6,8-9,11H,4,7,10H2,1-3H3,(H,19,20)/t11-/m0/s1. The number of rotatable bonds is 5. The molecule has 0 saturated carbocycles. The van der Waals surface area contributed by atoms with E-state index in [1.54, 1.807) is 13.0 Å². The van der Waals surface area contributed by atoms with Gasteiger partial charge in [-0.2, -0.15) is 0 Å². The molecule has 0 saturated heterocycles. The van der Waals surface area contributed by atoms with E-state index in [1.807, 2.05) is 26.0 Å². The van der Waals surface area contributed by atoms with Gasteiger partial charge in [-0.25, -0.2) is 0 Å². The number of fused-ring (bicyclic) bond motifs is 1. The molecule has 2 heterocycles. The molecule has 3 rings (SSSR count). The lowest BCUT2D eigenvalue weighted by molar-refractivity contribution is 0.0949. The summed E-state index contributed by atoms with van der Waals surface area (Å²) in [5, 5.41) is 2.91. The number of furan rings is 1. The van der Waals surface area contributed by atoms with Crippen LogP contribution in [0.5, 0.6) is 11.5 Å². The zero-order chi connectivity index (χ0) is 16.4. The third kappa shape index (κ3) is 3.18. The SMILES string of the molecule is CCOc1cc2c(cc1CNC(=O)c1ccoc1C)O[C@@H](C)C2. The molecule has 1 aliphatic rings. The van der Waals surface area contributed by atoms with Crippen molar-refractivity contribution in [2.45, 2.75) is 39.8 Å². The minimum absolute atomic E-state index is 0.159. The van der Waals surface area contributed by atoms with Crippen LogP contribution in [0.3, 0.4) is 0 Å². The average Bonchev–Trinajstić information content (AvgIpc) is 3.09. The number of hydrogen-bond acceptors (Lipinski definition) is 4. The molecule has 1 N–H and O–H groups in total. The Bertz CT molecular complexity index is 720. The molecule has 0 bridgehead atoms. The Hall–Kier alpha value is -2.43. The number of hydrogen-bond donors (Lipinski definition) is 1. The summed E-state index contributed by atoms with van der Waals surface area (Å²) in [6.45, 7) is 6.72. The monoisotopic (exact) mass is 315 g/mol. The van der Waals surface area contributed by atoms with Gasteiger partial charge in [-0.05, 0) is 39.0 Å². The maximum absolute atomic E-state index is 12.2. The predicted molar refractivity (Wildman–Crippen MR) is 86.0 cm³/mol. The van der Waals surface area contributed by atoms with E-state index in [0.29, 0.717) is 24.5 Å². The number of carbonyl (C=O) groups excluding carboxylic acids is 1. The number of aryl methyl sites for hydroxylation is 1. The Balaban J connectivity index is 1.78. The lowest BCUT2D eigenvalue weighted by atomic mass is 10.1. The van der Waals surface area contributed by atoms with E-state index in [1.165, 1.54) is 6.26 Å². The number of carbonyl (C=O) groups is 1. The highest BCUT2D eigenvalue weighted by atomic mass is 16.5. The molecule has 0 spiro atoms. The Labute approximate surface area is 135 Å². The second-order valence-corrected chi connectivity index (χ2v) is 5.71. The molecular formula is C18H21NO4. The van der Waals surface area contributed by atoms with Crippen molar-refractivity contribution in [1.82, 2.24) is 5.32 Å². The van der Waals surface area contributed by atoms with E-state index in [0.717, 1.165) is 29.0 Å². The summed E-state index contributed by atoms with van der Waals surface area (Å²) in [4.78, 5) is 12.2. The highest BCUT2D eigenvalue weighted by Gasteiger charge is 2.22. The van der Waals surface area contributed by atoms with Gasteiger partial charge in [-0.3, -0.25) is 4.79 Å². The van der Waals surface area contributed by atoms with E-state index in [4.69, 9.17) is 13.9 Å². The number of nitrogens with one attached hydrogen (secondary N) is 1. The van der Waals surface area contributed by atoms with Crippen LogP contribution in [0.1, 0.15) is 41.1 Å². The van der Waals surface area contributed by atoms with Gasteiger partial charge in [0.2, 0.25) is 0 Å². The van der Waals surface area contributed by atoms with Crippen LogP contribution in [0.4, 0.5) is 0 Å². The number of benzene rings is 1. The molecule has 0 radical (unpaired) electrons. The minimum Gasteiger partial charge on any atom is -0.494 e. The third-order valence-electron chi connectivity index (χ3n) is 3.92. The first kappa shape index (κ1) is 15.5. The molecule has 122 valence electrons. The largest absolute Gasteiger partial charge is 0.494 e. The summed E-state index contributed by atoms with van der Waals surface area (Å²) >= 11 is 0. The Morgan fingerprint density at radius 1 is 1.43 bits per heavy atom. The summed E-state index contributed by atoms with van der Waals surface area (Å²) in [5.41, 5.74) is 2.62. The topological polar surface area (TPSA) is 60.7 Å². The van der Waals surface area contributed by atoms with Gasteiger partial charge in [-0.1, -0.05) is 0 Å². The third-order valence-corrected chi connectivity index (χ3v) is 3.92. The first-order valence-electron chi connectivity index (χ1n) is 7.86. The Morgan fingerprint density at radius 2 is 2.26 bits per heavy atom. The lowest BCUT2D eigenvalue weighted by Gasteiger charge is -2.13. The second-order valence-electron chi connectivity index (χ2n) is 5.71. The highest BCUT2D eigenvalue weighted by molar-refractivity contribution is 5.95. The van der Waals surface area contributed by atoms with Crippen LogP contribution in [0.15, 0.2) is 28.9 Å². The normalized spacial score (nSPS) is 15.9. The van der Waals surface area contributed by atoms with Gasteiger partial charge in [-0.15, -0.1) is 0 Å². The highest BCUT2D eigenvalue weighted by Crippen LogP contribution is 2.35. The molecule has 0 unspecified atom stereocenters. The summed E-state index contributed by atoms with van der Waals surface area (Å²) in [7, 11) is 0. The number of ether oxygens (including phenoxy) is 2. The van der Waals surface area contributed by atoms with Crippen LogP contribution in [0, 0.1) is 6.92 Å². The average molecular weight is 315 g/mol. The second kappa shape index (κ2) is 6.36. The molecule has 0 aliphatic carbocycles. The molecule has 0 fully saturated rings. The van der Waals surface area contributed by atoms with Crippen LogP contribution in [-0.4, -0.2) is 18.6 Å². The van der Waals surface area contributed by atoms with Crippen LogP contribution in [0.25, 0.3) is 0 Å². The van der Waals surface area contributed by atoms with Crippen molar-refractivity contribution in [3.8, 4) is 11.5 Å². The van der Waals surface area contributed by atoms with E-state index in [9.17, 15) is 4.79 Å². The van der Waals surface area contributed by atoms with E-state index in [-0.39, 0.29) is 12.0 Å². The van der Waals surface area contributed by atoms with Crippen LogP contribution in [-0.2, 0) is 13.0 Å². The van der Waals surface area contributed by atoms with Gasteiger partial charge in [0.25, 0.3) is 5.91 Å².